The highest BCUT2D eigenvalue weighted by Gasteiger charge is 2.06. The van der Waals surface area contributed by atoms with Gasteiger partial charge in [0.2, 0.25) is 5.95 Å². The van der Waals surface area contributed by atoms with Gasteiger partial charge in [0, 0.05) is 16.9 Å². The Morgan fingerprint density at radius 1 is 1.22 bits per heavy atom. The standard InChI is InChI=1S/C12H10ClN5/c1-8-4-5-9(7-10(8)13)15-12-17-16-11-3-2-6-14-18(11)12/h2-7H,1H3,(H,15,17). The fourth-order valence-electron chi connectivity index (χ4n) is 1.62. The molecule has 5 nitrogen and oxygen atoms in total. The van der Waals surface area contributed by atoms with Gasteiger partial charge in [0.25, 0.3) is 0 Å². The Balaban J connectivity index is 1.98. The normalized spacial score (nSPS) is 10.8. The average Bonchev–Trinajstić information content (AvgIpc) is 2.78. The zero-order valence-corrected chi connectivity index (χ0v) is 10.4. The molecular formula is C12H10ClN5. The van der Waals surface area contributed by atoms with E-state index in [9.17, 15) is 0 Å². The zero-order valence-electron chi connectivity index (χ0n) is 9.63. The van der Waals surface area contributed by atoms with Crippen LogP contribution in [-0.2, 0) is 0 Å². The Labute approximate surface area is 108 Å². The summed E-state index contributed by atoms with van der Waals surface area (Å²) in [4.78, 5) is 0. The van der Waals surface area contributed by atoms with Crippen molar-refractivity contribution in [2.75, 3.05) is 5.32 Å². The molecule has 3 aromatic rings. The molecule has 0 radical (unpaired) electrons. The van der Waals surface area contributed by atoms with Crippen LogP contribution in [0, 0.1) is 6.92 Å². The lowest BCUT2D eigenvalue weighted by Crippen LogP contribution is -1.99. The predicted octanol–water partition coefficient (Wildman–Crippen LogP) is 2.83. The molecule has 0 aliphatic heterocycles. The van der Waals surface area contributed by atoms with Gasteiger partial charge in [-0.2, -0.15) is 9.61 Å². The second-order valence-corrected chi connectivity index (χ2v) is 4.31. The van der Waals surface area contributed by atoms with E-state index in [-0.39, 0.29) is 0 Å². The number of hydrogen-bond acceptors (Lipinski definition) is 4. The fourth-order valence-corrected chi connectivity index (χ4v) is 1.80. The number of halogens is 1. The van der Waals surface area contributed by atoms with Gasteiger partial charge in [-0.1, -0.05) is 17.7 Å². The number of hydrogen-bond donors (Lipinski definition) is 1. The number of anilines is 2. The van der Waals surface area contributed by atoms with Crippen LogP contribution in [0.15, 0.2) is 36.5 Å². The lowest BCUT2D eigenvalue weighted by molar-refractivity contribution is 0.935. The van der Waals surface area contributed by atoms with Gasteiger partial charge < -0.3 is 5.32 Å². The molecule has 1 aromatic carbocycles. The number of nitrogens with one attached hydrogen (secondary N) is 1. The lowest BCUT2D eigenvalue weighted by atomic mass is 10.2. The SMILES string of the molecule is Cc1ccc(Nc2nnc3cccnn23)cc1Cl. The fraction of sp³-hybridized carbons (Fsp3) is 0.0833. The molecule has 90 valence electrons. The first-order valence-electron chi connectivity index (χ1n) is 5.43. The second kappa shape index (κ2) is 4.27. The van der Waals surface area contributed by atoms with Crippen LogP contribution in [-0.4, -0.2) is 19.8 Å². The zero-order chi connectivity index (χ0) is 12.5. The summed E-state index contributed by atoms with van der Waals surface area (Å²) in [5, 5.41) is 16.1. The van der Waals surface area contributed by atoms with Crippen molar-refractivity contribution in [2.24, 2.45) is 0 Å². The third kappa shape index (κ3) is 1.89. The van der Waals surface area contributed by atoms with Crippen molar-refractivity contribution in [1.29, 1.82) is 0 Å². The van der Waals surface area contributed by atoms with E-state index in [2.05, 4.69) is 20.6 Å². The highest BCUT2D eigenvalue weighted by atomic mass is 35.5. The van der Waals surface area contributed by atoms with Crippen molar-refractivity contribution in [3.63, 3.8) is 0 Å². The van der Waals surface area contributed by atoms with Crippen LogP contribution in [0.3, 0.4) is 0 Å². The number of rotatable bonds is 2. The number of aromatic nitrogens is 4. The molecule has 2 aromatic heterocycles. The maximum Gasteiger partial charge on any atom is 0.250 e. The van der Waals surface area contributed by atoms with Crippen molar-refractivity contribution in [1.82, 2.24) is 19.8 Å². The van der Waals surface area contributed by atoms with Crippen LogP contribution in [0.2, 0.25) is 5.02 Å². The van der Waals surface area contributed by atoms with Crippen LogP contribution in [0.5, 0.6) is 0 Å². The molecule has 0 fully saturated rings. The van der Waals surface area contributed by atoms with Gasteiger partial charge in [0.15, 0.2) is 5.65 Å². The molecule has 1 N–H and O–H groups in total. The summed E-state index contributed by atoms with van der Waals surface area (Å²) < 4.78 is 1.63. The maximum absolute atomic E-state index is 6.07. The van der Waals surface area contributed by atoms with E-state index >= 15 is 0 Å². The van der Waals surface area contributed by atoms with Gasteiger partial charge >= 0.3 is 0 Å². The van der Waals surface area contributed by atoms with Crippen molar-refractivity contribution < 1.29 is 0 Å². The molecule has 0 saturated heterocycles. The molecular weight excluding hydrogens is 250 g/mol. The number of nitrogens with zero attached hydrogens (tertiary/aromatic N) is 4. The minimum Gasteiger partial charge on any atom is -0.323 e. The highest BCUT2D eigenvalue weighted by Crippen LogP contribution is 2.22. The van der Waals surface area contributed by atoms with Crippen LogP contribution in [0.4, 0.5) is 11.6 Å². The predicted molar refractivity (Wildman–Crippen MR) is 70.3 cm³/mol. The molecule has 3 rings (SSSR count). The van der Waals surface area contributed by atoms with E-state index < -0.39 is 0 Å². The van der Waals surface area contributed by atoms with Crippen molar-refractivity contribution in [2.45, 2.75) is 6.92 Å². The Kier molecular flexibility index (Phi) is 2.60. The Bertz CT molecular complexity index is 707. The quantitative estimate of drug-likeness (QED) is 0.769. The van der Waals surface area contributed by atoms with Crippen LogP contribution >= 0.6 is 11.6 Å². The van der Waals surface area contributed by atoms with Gasteiger partial charge in [0.05, 0.1) is 0 Å². The van der Waals surface area contributed by atoms with Crippen molar-refractivity contribution >= 4 is 28.9 Å². The molecule has 0 atom stereocenters. The highest BCUT2D eigenvalue weighted by molar-refractivity contribution is 6.31. The van der Waals surface area contributed by atoms with E-state index in [1.807, 2.05) is 37.3 Å². The summed E-state index contributed by atoms with van der Waals surface area (Å²) in [5.74, 6) is 0.561. The third-order valence-electron chi connectivity index (χ3n) is 2.61. The third-order valence-corrected chi connectivity index (χ3v) is 3.01. The summed E-state index contributed by atoms with van der Waals surface area (Å²) in [5.41, 5.74) is 2.58. The smallest absolute Gasteiger partial charge is 0.250 e. The Morgan fingerprint density at radius 2 is 2.11 bits per heavy atom. The van der Waals surface area contributed by atoms with Crippen molar-refractivity contribution in [3.8, 4) is 0 Å². The topological polar surface area (TPSA) is 55.1 Å². The van der Waals surface area contributed by atoms with Gasteiger partial charge in [-0.3, -0.25) is 0 Å². The summed E-state index contributed by atoms with van der Waals surface area (Å²) in [6.07, 6.45) is 1.68. The van der Waals surface area contributed by atoms with E-state index in [1.54, 1.807) is 10.7 Å². The first-order chi connectivity index (χ1) is 8.74. The molecule has 0 saturated carbocycles. The summed E-state index contributed by atoms with van der Waals surface area (Å²) in [6, 6.07) is 9.39. The monoisotopic (exact) mass is 259 g/mol. The maximum atomic E-state index is 6.07. The lowest BCUT2D eigenvalue weighted by Gasteiger charge is -2.05. The van der Waals surface area contributed by atoms with Gasteiger partial charge in [-0.25, -0.2) is 0 Å². The van der Waals surface area contributed by atoms with Crippen LogP contribution in [0.1, 0.15) is 5.56 Å². The second-order valence-electron chi connectivity index (χ2n) is 3.91. The largest absolute Gasteiger partial charge is 0.323 e. The number of benzene rings is 1. The number of fused-ring (bicyclic) bond motifs is 1. The van der Waals surface area contributed by atoms with Crippen molar-refractivity contribution in [3.05, 3.63) is 47.1 Å². The molecule has 0 amide bonds. The molecule has 6 heteroatoms. The first kappa shape index (κ1) is 11.0. The minimum absolute atomic E-state index is 0.561. The van der Waals surface area contributed by atoms with E-state index in [0.717, 1.165) is 11.3 Å². The molecule has 0 unspecified atom stereocenters. The molecule has 0 aliphatic rings. The summed E-state index contributed by atoms with van der Waals surface area (Å²) in [7, 11) is 0. The molecule has 2 heterocycles. The number of aryl methyl sites for hydroxylation is 1. The molecule has 0 bridgehead atoms. The minimum atomic E-state index is 0.561. The Morgan fingerprint density at radius 3 is 2.94 bits per heavy atom. The van der Waals surface area contributed by atoms with E-state index in [0.29, 0.717) is 16.6 Å². The van der Waals surface area contributed by atoms with Gasteiger partial charge in [0.1, 0.15) is 0 Å². The van der Waals surface area contributed by atoms with Gasteiger partial charge in [-0.15, -0.1) is 10.2 Å². The van der Waals surface area contributed by atoms with E-state index in [1.165, 1.54) is 0 Å². The van der Waals surface area contributed by atoms with Crippen LogP contribution in [0.25, 0.3) is 5.65 Å². The molecule has 0 spiro atoms. The Hall–Kier alpha value is -2.14. The molecule has 0 aliphatic carbocycles. The summed E-state index contributed by atoms with van der Waals surface area (Å²) >= 11 is 6.07. The van der Waals surface area contributed by atoms with Gasteiger partial charge in [-0.05, 0) is 36.8 Å². The molecule has 18 heavy (non-hydrogen) atoms. The summed E-state index contributed by atoms with van der Waals surface area (Å²) in [6.45, 7) is 1.96. The van der Waals surface area contributed by atoms with Crippen LogP contribution < -0.4 is 5.32 Å². The average molecular weight is 260 g/mol. The van der Waals surface area contributed by atoms with E-state index in [4.69, 9.17) is 11.6 Å². The first-order valence-corrected chi connectivity index (χ1v) is 5.81.